The maximum absolute atomic E-state index is 11.5. The van der Waals surface area contributed by atoms with Crippen molar-refractivity contribution < 1.29 is 27.9 Å². The van der Waals surface area contributed by atoms with Crippen molar-refractivity contribution in [2.45, 2.75) is 66.4 Å². The third kappa shape index (κ3) is 4.45. The standard InChI is InChI=1S/C19H28O6Si/c1-7-8-13(2)19(5)22-12-16-11-17(9-10-18(16)23-19)26(6,24-14(3)20)25-15(4)21/h9-11,13H,7-8,12H2,1-6H3. The number of hydrogen-bond acceptors (Lipinski definition) is 6. The maximum atomic E-state index is 11.5. The van der Waals surface area contributed by atoms with Crippen molar-refractivity contribution in [1.29, 1.82) is 0 Å². The molecule has 2 rings (SSSR count). The lowest BCUT2D eigenvalue weighted by atomic mass is 9.96. The van der Waals surface area contributed by atoms with E-state index in [1.54, 1.807) is 12.6 Å². The topological polar surface area (TPSA) is 71.1 Å². The quantitative estimate of drug-likeness (QED) is 0.706. The average molecular weight is 381 g/mol. The highest BCUT2D eigenvalue weighted by Gasteiger charge is 2.43. The molecule has 2 atom stereocenters. The maximum Gasteiger partial charge on any atom is 0.496 e. The van der Waals surface area contributed by atoms with Crippen LogP contribution in [0.4, 0.5) is 0 Å². The third-order valence-corrected chi connectivity index (χ3v) is 7.42. The summed E-state index contributed by atoms with van der Waals surface area (Å²) in [6.45, 7) is 10.9. The molecule has 0 fully saturated rings. The van der Waals surface area contributed by atoms with Crippen molar-refractivity contribution in [3.8, 4) is 5.75 Å². The Bertz CT molecular complexity index is 673. The normalized spacial score (nSPS) is 20.5. The molecule has 144 valence electrons. The second-order valence-electron chi connectivity index (χ2n) is 7.05. The summed E-state index contributed by atoms with van der Waals surface area (Å²) >= 11 is 0. The van der Waals surface area contributed by atoms with Crippen molar-refractivity contribution >= 4 is 25.7 Å². The van der Waals surface area contributed by atoms with Gasteiger partial charge in [0, 0.05) is 44.0 Å². The van der Waals surface area contributed by atoms with E-state index in [4.69, 9.17) is 18.3 Å². The first-order valence-corrected chi connectivity index (χ1v) is 11.3. The van der Waals surface area contributed by atoms with Gasteiger partial charge in [0.1, 0.15) is 5.75 Å². The van der Waals surface area contributed by atoms with E-state index in [2.05, 4.69) is 13.8 Å². The second kappa shape index (κ2) is 7.80. The smallest absolute Gasteiger partial charge is 0.482 e. The highest BCUT2D eigenvalue weighted by Crippen LogP contribution is 2.36. The van der Waals surface area contributed by atoms with Crippen LogP contribution in [-0.2, 0) is 29.8 Å². The molecule has 1 aromatic carbocycles. The molecule has 1 aromatic rings. The summed E-state index contributed by atoms with van der Waals surface area (Å²) in [5, 5.41) is 0.680. The number of benzene rings is 1. The summed E-state index contributed by atoms with van der Waals surface area (Å²) < 4.78 is 23.0. The van der Waals surface area contributed by atoms with Crippen LogP contribution in [0.1, 0.15) is 53.0 Å². The molecule has 0 spiro atoms. The first-order chi connectivity index (χ1) is 12.1. The summed E-state index contributed by atoms with van der Waals surface area (Å²) in [6, 6.07) is 5.48. The van der Waals surface area contributed by atoms with Gasteiger partial charge < -0.3 is 18.3 Å². The van der Waals surface area contributed by atoms with Crippen LogP contribution in [0.25, 0.3) is 0 Å². The monoisotopic (exact) mass is 380 g/mol. The third-order valence-electron chi connectivity index (χ3n) is 4.71. The van der Waals surface area contributed by atoms with E-state index in [1.165, 1.54) is 13.8 Å². The fourth-order valence-corrected chi connectivity index (χ4v) is 5.37. The largest absolute Gasteiger partial charge is 0.496 e. The molecule has 0 amide bonds. The summed E-state index contributed by atoms with van der Waals surface area (Å²) in [4.78, 5) is 23.0. The predicted molar refractivity (Wildman–Crippen MR) is 99.1 cm³/mol. The van der Waals surface area contributed by atoms with E-state index in [-0.39, 0.29) is 5.92 Å². The Morgan fingerprint density at radius 3 is 2.42 bits per heavy atom. The van der Waals surface area contributed by atoms with Crippen LogP contribution in [-0.4, -0.2) is 26.3 Å². The average Bonchev–Trinajstić information content (AvgIpc) is 2.53. The van der Waals surface area contributed by atoms with Gasteiger partial charge in [-0.1, -0.05) is 26.3 Å². The predicted octanol–water partition coefficient (Wildman–Crippen LogP) is 3.15. The molecule has 26 heavy (non-hydrogen) atoms. The van der Waals surface area contributed by atoms with Crippen LogP contribution in [0.15, 0.2) is 18.2 Å². The van der Waals surface area contributed by atoms with Crippen LogP contribution < -0.4 is 9.92 Å². The lowest BCUT2D eigenvalue weighted by Gasteiger charge is -2.40. The van der Waals surface area contributed by atoms with Gasteiger partial charge in [-0.2, -0.15) is 0 Å². The lowest BCUT2D eigenvalue weighted by Crippen LogP contribution is -2.53. The zero-order valence-electron chi connectivity index (χ0n) is 16.4. The molecule has 0 radical (unpaired) electrons. The first kappa shape index (κ1) is 20.4. The minimum absolute atomic E-state index is 0.252. The lowest BCUT2D eigenvalue weighted by molar-refractivity contribution is -0.223. The van der Waals surface area contributed by atoms with E-state index in [0.29, 0.717) is 11.8 Å². The van der Waals surface area contributed by atoms with Crippen LogP contribution in [0.2, 0.25) is 6.55 Å². The molecule has 6 nitrogen and oxygen atoms in total. The molecule has 0 aliphatic carbocycles. The summed E-state index contributed by atoms with van der Waals surface area (Å²) in [6.07, 6.45) is 2.07. The zero-order chi connectivity index (χ0) is 19.5. The van der Waals surface area contributed by atoms with E-state index in [1.807, 2.05) is 19.1 Å². The number of rotatable bonds is 6. The molecule has 1 heterocycles. The minimum Gasteiger partial charge on any atom is -0.482 e. The van der Waals surface area contributed by atoms with Gasteiger partial charge in [-0.25, -0.2) is 0 Å². The molecule has 2 unspecified atom stereocenters. The van der Waals surface area contributed by atoms with Crippen molar-refractivity contribution in [2.75, 3.05) is 0 Å². The number of ether oxygens (including phenoxy) is 2. The highest BCUT2D eigenvalue weighted by molar-refractivity contribution is 6.82. The van der Waals surface area contributed by atoms with Gasteiger partial charge in [-0.05, 0) is 18.6 Å². The van der Waals surface area contributed by atoms with Gasteiger partial charge >= 0.3 is 8.56 Å². The van der Waals surface area contributed by atoms with Crippen molar-refractivity contribution in [3.63, 3.8) is 0 Å². The molecule has 0 N–H and O–H groups in total. The summed E-state index contributed by atoms with van der Waals surface area (Å²) in [7, 11) is -3.19. The minimum atomic E-state index is -3.19. The van der Waals surface area contributed by atoms with Gasteiger partial charge in [0.15, 0.2) is 0 Å². The Labute approximate surface area is 156 Å². The molecule has 0 saturated heterocycles. The van der Waals surface area contributed by atoms with Crippen molar-refractivity contribution in [1.82, 2.24) is 0 Å². The van der Waals surface area contributed by atoms with E-state index in [9.17, 15) is 9.59 Å². The molecule has 7 heteroatoms. The molecular formula is C19H28O6Si. The molecular weight excluding hydrogens is 352 g/mol. The summed E-state index contributed by atoms with van der Waals surface area (Å²) in [5.74, 6) is -0.635. The van der Waals surface area contributed by atoms with Gasteiger partial charge in [-0.3, -0.25) is 9.59 Å². The van der Waals surface area contributed by atoms with Gasteiger partial charge in [0.25, 0.3) is 11.9 Å². The van der Waals surface area contributed by atoms with Crippen molar-refractivity contribution in [2.24, 2.45) is 5.92 Å². The van der Waals surface area contributed by atoms with Crippen molar-refractivity contribution in [3.05, 3.63) is 23.8 Å². The number of hydrogen-bond donors (Lipinski definition) is 0. The highest BCUT2D eigenvalue weighted by atomic mass is 28.4. The van der Waals surface area contributed by atoms with Crippen LogP contribution >= 0.6 is 0 Å². The molecule has 1 aliphatic rings. The fourth-order valence-electron chi connectivity index (χ4n) is 3.17. The number of carbonyl (C=O) groups excluding carboxylic acids is 2. The van der Waals surface area contributed by atoms with Crippen LogP contribution in [0, 0.1) is 5.92 Å². The Morgan fingerprint density at radius 1 is 1.27 bits per heavy atom. The van der Waals surface area contributed by atoms with E-state index >= 15 is 0 Å². The van der Waals surface area contributed by atoms with Gasteiger partial charge in [-0.15, -0.1) is 0 Å². The fraction of sp³-hybridized carbons (Fsp3) is 0.579. The van der Waals surface area contributed by atoms with Gasteiger partial charge in [0.05, 0.1) is 6.61 Å². The second-order valence-corrected chi connectivity index (χ2v) is 9.93. The molecule has 1 aliphatic heterocycles. The zero-order valence-corrected chi connectivity index (χ0v) is 17.4. The van der Waals surface area contributed by atoms with Crippen LogP contribution in [0.5, 0.6) is 5.75 Å². The molecule has 0 aromatic heterocycles. The van der Waals surface area contributed by atoms with Crippen LogP contribution in [0.3, 0.4) is 0 Å². The Morgan fingerprint density at radius 2 is 1.88 bits per heavy atom. The Balaban J connectivity index is 2.31. The summed E-state index contributed by atoms with van der Waals surface area (Å²) in [5.41, 5.74) is 0.849. The number of carbonyl (C=O) groups is 2. The van der Waals surface area contributed by atoms with E-state index < -0.39 is 26.3 Å². The Hall–Kier alpha value is -1.86. The SMILES string of the molecule is CCCC(C)C1(C)OCc2cc([Si](C)(OC(C)=O)OC(C)=O)ccc2O1. The Kier molecular flexibility index (Phi) is 6.13. The first-order valence-electron chi connectivity index (χ1n) is 8.95. The van der Waals surface area contributed by atoms with Gasteiger partial charge in [0.2, 0.25) is 5.79 Å². The number of fused-ring (bicyclic) bond motifs is 1. The van der Waals surface area contributed by atoms with E-state index in [0.717, 1.165) is 24.2 Å². The molecule has 0 bridgehead atoms. The molecule has 0 saturated carbocycles.